The summed E-state index contributed by atoms with van der Waals surface area (Å²) in [7, 11) is 0. The van der Waals surface area contributed by atoms with Gasteiger partial charge in [0, 0.05) is 0 Å². The first kappa shape index (κ1) is 15.3. The smallest absolute Gasteiger partial charge is 0.308 e. The van der Waals surface area contributed by atoms with E-state index in [1.807, 2.05) is 13.8 Å². The number of carbonyl (C=O) groups is 1. The Labute approximate surface area is 96.7 Å². The molecule has 1 unspecified atom stereocenters. The highest BCUT2D eigenvalue weighted by Gasteiger charge is 2.10. The average molecular weight is 234 g/mol. The summed E-state index contributed by atoms with van der Waals surface area (Å²) in [6, 6.07) is 0. The van der Waals surface area contributed by atoms with Crippen molar-refractivity contribution in [2.45, 2.75) is 20.3 Å². The topological polar surface area (TPSA) is 65.0 Å². The van der Waals surface area contributed by atoms with Crippen molar-refractivity contribution in [2.24, 2.45) is 5.92 Å². The van der Waals surface area contributed by atoms with E-state index in [0.29, 0.717) is 26.4 Å². The molecule has 0 bridgehead atoms. The van der Waals surface area contributed by atoms with Crippen LogP contribution in [0.25, 0.3) is 0 Å². The van der Waals surface area contributed by atoms with E-state index in [1.165, 1.54) is 0 Å². The summed E-state index contributed by atoms with van der Waals surface area (Å²) >= 11 is 0. The quantitative estimate of drug-likeness (QED) is 0.443. The van der Waals surface area contributed by atoms with Crippen molar-refractivity contribution in [3.8, 4) is 0 Å². The van der Waals surface area contributed by atoms with Gasteiger partial charge in [0.25, 0.3) is 0 Å². The molecule has 0 fully saturated rings. The third-order valence-electron chi connectivity index (χ3n) is 2.09. The van der Waals surface area contributed by atoms with Crippen molar-refractivity contribution in [3.63, 3.8) is 0 Å². The molecular formula is C11H22O5. The third-order valence-corrected chi connectivity index (χ3v) is 2.09. The van der Waals surface area contributed by atoms with E-state index in [9.17, 15) is 4.79 Å². The van der Waals surface area contributed by atoms with Gasteiger partial charge in [0.2, 0.25) is 0 Å². The molecule has 5 nitrogen and oxygen atoms in total. The fraction of sp³-hybridized carbons (Fsp3) is 0.909. The number of rotatable bonds is 10. The van der Waals surface area contributed by atoms with Crippen LogP contribution in [-0.2, 0) is 19.0 Å². The van der Waals surface area contributed by atoms with Gasteiger partial charge in [0.05, 0.1) is 39.0 Å². The molecule has 0 aromatic carbocycles. The van der Waals surface area contributed by atoms with Crippen LogP contribution < -0.4 is 0 Å². The Bertz CT molecular complexity index is 172. The minimum Gasteiger partial charge on any atom is -0.463 e. The van der Waals surface area contributed by atoms with Crippen LogP contribution in [0.1, 0.15) is 20.3 Å². The van der Waals surface area contributed by atoms with Gasteiger partial charge in [0.1, 0.15) is 6.61 Å². The fourth-order valence-corrected chi connectivity index (χ4v) is 0.897. The van der Waals surface area contributed by atoms with Gasteiger partial charge in [-0.3, -0.25) is 4.79 Å². The standard InChI is InChI=1S/C11H22O5/c1-3-10(2)11(13)16-9-8-15-7-6-14-5-4-12/h10,12H,3-9H2,1-2H3. The van der Waals surface area contributed by atoms with Crippen LogP contribution in [-0.4, -0.2) is 50.7 Å². The lowest BCUT2D eigenvalue weighted by atomic mass is 10.1. The number of ether oxygens (including phenoxy) is 3. The Balaban J connectivity index is 3.18. The normalized spacial score (nSPS) is 12.4. The second kappa shape index (κ2) is 10.9. The number of hydrogen-bond acceptors (Lipinski definition) is 5. The summed E-state index contributed by atoms with van der Waals surface area (Å²) < 4.78 is 15.1. The highest BCUT2D eigenvalue weighted by molar-refractivity contribution is 5.71. The maximum Gasteiger partial charge on any atom is 0.308 e. The van der Waals surface area contributed by atoms with E-state index >= 15 is 0 Å². The second-order valence-corrected chi connectivity index (χ2v) is 3.43. The second-order valence-electron chi connectivity index (χ2n) is 3.43. The van der Waals surface area contributed by atoms with E-state index in [2.05, 4.69) is 0 Å². The molecule has 0 aliphatic carbocycles. The molecule has 0 aliphatic heterocycles. The van der Waals surface area contributed by atoms with E-state index < -0.39 is 0 Å². The lowest BCUT2D eigenvalue weighted by molar-refractivity contribution is -0.149. The Morgan fingerprint density at radius 1 is 1.12 bits per heavy atom. The lowest BCUT2D eigenvalue weighted by Gasteiger charge is -2.09. The maximum atomic E-state index is 11.2. The third kappa shape index (κ3) is 8.64. The van der Waals surface area contributed by atoms with Gasteiger partial charge in [-0.05, 0) is 6.42 Å². The first-order chi connectivity index (χ1) is 7.72. The number of hydrogen-bond donors (Lipinski definition) is 1. The predicted octanol–water partition coefficient (Wildman–Crippen LogP) is 0.601. The zero-order chi connectivity index (χ0) is 12.2. The minimum absolute atomic E-state index is 0.0204. The highest BCUT2D eigenvalue weighted by Crippen LogP contribution is 2.02. The fourth-order valence-electron chi connectivity index (χ4n) is 0.897. The zero-order valence-electron chi connectivity index (χ0n) is 10.1. The molecule has 96 valence electrons. The summed E-state index contributed by atoms with van der Waals surface area (Å²) in [5.74, 6) is -0.226. The van der Waals surface area contributed by atoms with E-state index in [-0.39, 0.29) is 25.1 Å². The van der Waals surface area contributed by atoms with E-state index in [0.717, 1.165) is 6.42 Å². The summed E-state index contributed by atoms with van der Waals surface area (Å²) in [6.45, 7) is 5.68. The van der Waals surface area contributed by atoms with Gasteiger partial charge in [-0.25, -0.2) is 0 Å². The Kier molecular flexibility index (Phi) is 10.4. The van der Waals surface area contributed by atoms with Crippen molar-refractivity contribution in [3.05, 3.63) is 0 Å². The van der Waals surface area contributed by atoms with Crippen LogP contribution in [0.15, 0.2) is 0 Å². The summed E-state index contributed by atoms with van der Waals surface area (Å²) in [5, 5.41) is 8.42. The van der Waals surface area contributed by atoms with Gasteiger partial charge in [-0.15, -0.1) is 0 Å². The van der Waals surface area contributed by atoms with Gasteiger partial charge < -0.3 is 19.3 Å². The van der Waals surface area contributed by atoms with E-state index in [1.54, 1.807) is 0 Å². The van der Waals surface area contributed by atoms with Crippen LogP contribution in [0, 0.1) is 5.92 Å². The van der Waals surface area contributed by atoms with Crippen LogP contribution >= 0.6 is 0 Å². The molecule has 0 amide bonds. The molecule has 0 aliphatic rings. The summed E-state index contributed by atoms with van der Waals surface area (Å²) in [4.78, 5) is 11.2. The molecule has 5 heteroatoms. The van der Waals surface area contributed by atoms with Crippen LogP contribution in [0.5, 0.6) is 0 Å². The Morgan fingerprint density at radius 3 is 2.25 bits per heavy atom. The molecule has 0 radical (unpaired) electrons. The monoisotopic (exact) mass is 234 g/mol. The summed E-state index contributed by atoms with van der Waals surface area (Å²) in [5.41, 5.74) is 0. The molecule has 1 N–H and O–H groups in total. The lowest BCUT2D eigenvalue weighted by Crippen LogP contribution is -2.17. The SMILES string of the molecule is CCC(C)C(=O)OCCOCCOCCO. The van der Waals surface area contributed by atoms with Gasteiger partial charge in [-0.2, -0.15) is 0 Å². The largest absolute Gasteiger partial charge is 0.463 e. The van der Waals surface area contributed by atoms with Gasteiger partial charge in [-0.1, -0.05) is 13.8 Å². The molecule has 0 saturated heterocycles. The van der Waals surface area contributed by atoms with Gasteiger partial charge in [0.15, 0.2) is 0 Å². The first-order valence-electron chi connectivity index (χ1n) is 5.65. The molecule has 0 spiro atoms. The molecule has 0 heterocycles. The molecule has 0 saturated carbocycles. The number of esters is 1. The Morgan fingerprint density at radius 2 is 1.69 bits per heavy atom. The van der Waals surface area contributed by atoms with Crippen molar-refractivity contribution < 1.29 is 24.1 Å². The molecule has 0 rings (SSSR count). The molecular weight excluding hydrogens is 212 g/mol. The summed E-state index contributed by atoms with van der Waals surface area (Å²) in [6.07, 6.45) is 0.786. The molecule has 16 heavy (non-hydrogen) atoms. The number of aliphatic hydroxyl groups excluding tert-OH is 1. The van der Waals surface area contributed by atoms with Crippen molar-refractivity contribution in [1.82, 2.24) is 0 Å². The molecule has 0 aromatic rings. The van der Waals surface area contributed by atoms with Crippen LogP contribution in [0.3, 0.4) is 0 Å². The van der Waals surface area contributed by atoms with Gasteiger partial charge >= 0.3 is 5.97 Å². The van der Waals surface area contributed by atoms with Crippen LogP contribution in [0.4, 0.5) is 0 Å². The number of carbonyl (C=O) groups excluding carboxylic acids is 1. The minimum atomic E-state index is -0.178. The average Bonchev–Trinajstić information content (AvgIpc) is 2.31. The number of aliphatic hydroxyl groups is 1. The first-order valence-corrected chi connectivity index (χ1v) is 5.65. The zero-order valence-corrected chi connectivity index (χ0v) is 10.1. The predicted molar refractivity (Wildman–Crippen MR) is 59.1 cm³/mol. The molecule has 0 aromatic heterocycles. The maximum absolute atomic E-state index is 11.2. The van der Waals surface area contributed by atoms with E-state index in [4.69, 9.17) is 19.3 Å². The van der Waals surface area contributed by atoms with Crippen molar-refractivity contribution in [1.29, 1.82) is 0 Å². The van der Waals surface area contributed by atoms with Crippen molar-refractivity contribution >= 4 is 5.97 Å². The molecule has 1 atom stereocenters. The van der Waals surface area contributed by atoms with Crippen LogP contribution in [0.2, 0.25) is 0 Å². The van der Waals surface area contributed by atoms with Crippen molar-refractivity contribution in [2.75, 3.05) is 39.6 Å². The highest BCUT2D eigenvalue weighted by atomic mass is 16.6. The Hall–Kier alpha value is -0.650.